The summed E-state index contributed by atoms with van der Waals surface area (Å²) >= 11 is 0. The molecular weight excluding hydrogens is 248 g/mol. The molecule has 1 aliphatic rings. The van der Waals surface area contributed by atoms with E-state index in [1.54, 1.807) is 0 Å². The summed E-state index contributed by atoms with van der Waals surface area (Å²) in [6, 6.07) is 8.17. The highest BCUT2D eigenvalue weighted by Crippen LogP contribution is 2.36. The van der Waals surface area contributed by atoms with Crippen molar-refractivity contribution >= 4 is 11.6 Å². The van der Waals surface area contributed by atoms with Gasteiger partial charge >= 0.3 is 0 Å². The third kappa shape index (κ3) is 2.73. The number of para-hydroxylation sites is 1. The van der Waals surface area contributed by atoms with Crippen LogP contribution in [0.1, 0.15) is 38.7 Å². The molecular formula is C17H26N2O. The van der Waals surface area contributed by atoms with Crippen LogP contribution in [0.3, 0.4) is 0 Å². The maximum Gasteiger partial charge on any atom is 0.233 e. The summed E-state index contributed by atoms with van der Waals surface area (Å²) < 4.78 is 0. The molecule has 3 heteroatoms. The largest absolute Gasteiger partial charge is 0.317 e. The first kappa shape index (κ1) is 15.0. The number of nitrogens with one attached hydrogen (secondary N) is 1. The van der Waals surface area contributed by atoms with Crippen molar-refractivity contribution in [3.05, 3.63) is 29.8 Å². The predicted molar refractivity (Wildman–Crippen MR) is 84.0 cm³/mol. The Bertz CT molecular complexity index is 464. The van der Waals surface area contributed by atoms with E-state index in [1.807, 2.05) is 17.0 Å². The van der Waals surface area contributed by atoms with Crippen molar-refractivity contribution in [3.8, 4) is 0 Å². The van der Waals surface area contributed by atoms with Crippen LogP contribution in [-0.2, 0) is 4.79 Å². The van der Waals surface area contributed by atoms with Crippen molar-refractivity contribution in [2.45, 2.75) is 40.0 Å². The van der Waals surface area contributed by atoms with Gasteiger partial charge in [0.1, 0.15) is 0 Å². The van der Waals surface area contributed by atoms with Crippen LogP contribution in [0.25, 0.3) is 0 Å². The molecule has 0 atom stereocenters. The summed E-state index contributed by atoms with van der Waals surface area (Å²) in [6.07, 6.45) is 2.82. The van der Waals surface area contributed by atoms with Crippen molar-refractivity contribution < 1.29 is 4.79 Å². The van der Waals surface area contributed by atoms with Gasteiger partial charge in [-0.15, -0.1) is 0 Å². The number of carbonyl (C=O) groups is 1. The van der Waals surface area contributed by atoms with E-state index < -0.39 is 0 Å². The van der Waals surface area contributed by atoms with Gasteiger partial charge in [0.15, 0.2) is 0 Å². The van der Waals surface area contributed by atoms with Gasteiger partial charge in [-0.25, -0.2) is 0 Å². The summed E-state index contributed by atoms with van der Waals surface area (Å²) in [5, 5.41) is 3.37. The quantitative estimate of drug-likeness (QED) is 0.915. The number of aryl methyl sites for hydroxylation is 1. The number of piperidine rings is 1. The highest BCUT2D eigenvalue weighted by Gasteiger charge is 2.40. The number of carbonyl (C=O) groups excluding carboxylic acids is 1. The molecule has 2 rings (SSSR count). The monoisotopic (exact) mass is 274 g/mol. The van der Waals surface area contributed by atoms with Crippen molar-refractivity contribution in [3.63, 3.8) is 0 Å². The van der Waals surface area contributed by atoms with Crippen molar-refractivity contribution in [1.82, 2.24) is 5.32 Å². The number of hydrogen-bond donors (Lipinski definition) is 1. The van der Waals surface area contributed by atoms with E-state index in [-0.39, 0.29) is 5.41 Å². The molecule has 0 aromatic heterocycles. The van der Waals surface area contributed by atoms with Gasteiger partial charge in [-0.1, -0.05) is 25.1 Å². The van der Waals surface area contributed by atoms with Crippen LogP contribution in [0.15, 0.2) is 24.3 Å². The number of anilines is 1. The Morgan fingerprint density at radius 3 is 2.45 bits per heavy atom. The Morgan fingerprint density at radius 2 is 1.90 bits per heavy atom. The minimum absolute atomic E-state index is 0.177. The lowest BCUT2D eigenvalue weighted by molar-refractivity contribution is -0.130. The lowest BCUT2D eigenvalue weighted by atomic mass is 9.75. The molecule has 1 saturated heterocycles. The lowest BCUT2D eigenvalue weighted by Crippen LogP contribution is -2.49. The Labute approximate surface area is 122 Å². The predicted octanol–water partition coefficient (Wildman–Crippen LogP) is 3.13. The summed E-state index contributed by atoms with van der Waals surface area (Å²) in [4.78, 5) is 15.1. The Hall–Kier alpha value is -1.35. The summed E-state index contributed by atoms with van der Waals surface area (Å²) in [6.45, 7) is 8.92. The Balaban J connectivity index is 2.31. The number of hydrogen-bond acceptors (Lipinski definition) is 2. The molecule has 0 spiro atoms. The van der Waals surface area contributed by atoms with E-state index in [0.29, 0.717) is 5.91 Å². The molecule has 1 aromatic rings. The van der Waals surface area contributed by atoms with Gasteiger partial charge in [-0.2, -0.15) is 0 Å². The van der Waals surface area contributed by atoms with Crippen LogP contribution in [0.4, 0.5) is 5.69 Å². The number of nitrogens with zero attached hydrogens (tertiary/aromatic N) is 1. The third-order valence-corrected chi connectivity index (χ3v) is 4.66. The first-order valence-corrected chi connectivity index (χ1v) is 7.73. The van der Waals surface area contributed by atoms with Gasteiger partial charge in [-0.3, -0.25) is 4.79 Å². The molecule has 0 radical (unpaired) electrons. The molecule has 1 aromatic carbocycles. The van der Waals surface area contributed by atoms with Crippen molar-refractivity contribution in [2.24, 2.45) is 5.41 Å². The molecule has 3 nitrogen and oxygen atoms in total. The first-order valence-electron chi connectivity index (χ1n) is 7.73. The van der Waals surface area contributed by atoms with E-state index in [1.165, 1.54) is 5.56 Å². The van der Waals surface area contributed by atoms with Crippen LogP contribution < -0.4 is 10.2 Å². The highest BCUT2D eigenvalue weighted by molar-refractivity contribution is 5.98. The minimum Gasteiger partial charge on any atom is -0.317 e. The van der Waals surface area contributed by atoms with Gasteiger partial charge in [0, 0.05) is 12.2 Å². The summed E-state index contributed by atoms with van der Waals surface area (Å²) in [7, 11) is 0. The fourth-order valence-corrected chi connectivity index (χ4v) is 3.20. The zero-order chi connectivity index (χ0) is 14.6. The van der Waals surface area contributed by atoms with Crippen LogP contribution in [0.2, 0.25) is 0 Å². The molecule has 0 aliphatic carbocycles. The number of rotatable bonds is 4. The average molecular weight is 274 g/mol. The molecule has 20 heavy (non-hydrogen) atoms. The molecule has 0 bridgehead atoms. The topological polar surface area (TPSA) is 32.3 Å². The fourth-order valence-electron chi connectivity index (χ4n) is 3.20. The van der Waals surface area contributed by atoms with E-state index in [0.717, 1.165) is 44.6 Å². The SMILES string of the molecule is CCN(C(=O)C1(CC)CCNCC1)c1ccccc1C. The van der Waals surface area contributed by atoms with Crippen molar-refractivity contribution in [1.29, 1.82) is 0 Å². The zero-order valence-electron chi connectivity index (χ0n) is 12.9. The van der Waals surface area contributed by atoms with Gasteiger partial charge < -0.3 is 10.2 Å². The molecule has 1 heterocycles. The van der Waals surface area contributed by atoms with Crippen LogP contribution in [0, 0.1) is 12.3 Å². The van der Waals surface area contributed by atoms with Crippen molar-refractivity contribution in [2.75, 3.05) is 24.5 Å². The Kier molecular flexibility index (Phi) is 4.81. The van der Waals surface area contributed by atoms with E-state index >= 15 is 0 Å². The summed E-state index contributed by atoms with van der Waals surface area (Å²) in [5.74, 6) is 0.304. The number of amides is 1. The van der Waals surface area contributed by atoms with Gasteiger partial charge in [0.25, 0.3) is 0 Å². The number of benzene rings is 1. The normalized spacial score (nSPS) is 17.8. The van der Waals surface area contributed by atoms with E-state index in [2.05, 4.69) is 38.2 Å². The smallest absolute Gasteiger partial charge is 0.233 e. The maximum absolute atomic E-state index is 13.1. The van der Waals surface area contributed by atoms with E-state index in [9.17, 15) is 4.79 Å². The van der Waals surface area contributed by atoms with Gasteiger partial charge in [-0.05, 0) is 57.8 Å². The van der Waals surface area contributed by atoms with Crippen LogP contribution in [0.5, 0.6) is 0 Å². The van der Waals surface area contributed by atoms with Crippen LogP contribution >= 0.6 is 0 Å². The highest BCUT2D eigenvalue weighted by atomic mass is 16.2. The standard InChI is InChI=1S/C17H26N2O/c1-4-17(10-12-18-13-11-17)16(20)19(5-2)15-9-7-6-8-14(15)3/h6-9,18H,4-5,10-13H2,1-3H3. The van der Waals surface area contributed by atoms with Gasteiger partial charge in [0.05, 0.1) is 5.41 Å². The molecule has 0 unspecified atom stereocenters. The molecule has 1 N–H and O–H groups in total. The minimum atomic E-state index is -0.177. The van der Waals surface area contributed by atoms with E-state index in [4.69, 9.17) is 0 Å². The van der Waals surface area contributed by atoms with Crippen LogP contribution in [-0.4, -0.2) is 25.5 Å². The molecule has 1 fully saturated rings. The summed E-state index contributed by atoms with van der Waals surface area (Å²) in [5.41, 5.74) is 2.05. The first-order chi connectivity index (χ1) is 9.64. The molecule has 1 aliphatic heterocycles. The second kappa shape index (κ2) is 6.40. The Morgan fingerprint density at radius 1 is 1.25 bits per heavy atom. The third-order valence-electron chi connectivity index (χ3n) is 4.66. The van der Waals surface area contributed by atoms with Gasteiger partial charge in [0.2, 0.25) is 5.91 Å². The second-order valence-corrected chi connectivity index (χ2v) is 5.72. The molecule has 110 valence electrons. The second-order valence-electron chi connectivity index (χ2n) is 5.72. The molecule has 0 saturated carbocycles. The zero-order valence-corrected chi connectivity index (χ0v) is 12.9. The average Bonchev–Trinajstić information content (AvgIpc) is 2.50. The fraction of sp³-hybridized carbons (Fsp3) is 0.588. The lowest BCUT2D eigenvalue weighted by Gasteiger charge is -2.39. The maximum atomic E-state index is 13.1. The molecule has 1 amide bonds.